The summed E-state index contributed by atoms with van der Waals surface area (Å²) >= 11 is 1.53. The van der Waals surface area contributed by atoms with E-state index in [1.807, 2.05) is 64.4 Å². The molecule has 6 fully saturated rings. The second kappa shape index (κ2) is 42.9. The van der Waals surface area contributed by atoms with Crippen molar-refractivity contribution in [3.8, 4) is 78.7 Å². The van der Waals surface area contributed by atoms with Crippen molar-refractivity contribution in [3.63, 3.8) is 0 Å². The third-order valence-electron chi connectivity index (χ3n) is 22.4. The number of phenols is 1. The summed E-state index contributed by atoms with van der Waals surface area (Å²) in [5.74, 6) is -2.35. The quantitative estimate of drug-likeness (QED) is 0.0529. The molecule has 0 saturated carbocycles. The van der Waals surface area contributed by atoms with Gasteiger partial charge in [-0.3, -0.25) is 34.5 Å². The number of anilines is 6. The number of rotatable bonds is 20. The van der Waals surface area contributed by atoms with Crippen LogP contribution in [0.1, 0.15) is 85.6 Å². The normalized spacial score (nSPS) is 17.8. The molecule has 6 unspecified atom stereocenters. The van der Waals surface area contributed by atoms with Crippen molar-refractivity contribution in [2.45, 2.75) is 122 Å². The van der Waals surface area contributed by atoms with Gasteiger partial charge in [-0.1, -0.05) is 77.9 Å². The van der Waals surface area contributed by atoms with Crippen LogP contribution in [-0.2, 0) is 38.4 Å². The Bertz CT molecular complexity index is 6010. The number of sulfonamides is 1. The van der Waals surface area contributed by atoms with Gasteiger partial charge in [0.15, 0.2) is 0 Å². The van der Waals surface area contributed by atoms with Crippen LogP contribution in [0.15, 0.2) is 239 Å². The summed E-state index contributed by atoms with van der Waals surface area (Å²) in [6.07, 6.45) is 5.48. The topological polar surface area (TPSA) is 300 Å². The van der Waals surface area contributed by atoms with Crippen molar-refractivity contribution >= 4 is 92.0 Å². The molecule has 0 bridgehead atoms. The van der Waals surface area contributed by atoms with Crippen molar-refractivity contribution in [1.82, 2.24) is 14.5 Å². The molecule has 6 atom stereocenters. The number of benzene rings is 9. The van der Waals surface area contributed by atoms with E-state index < -0.39 is 75.7 Å². The van der Waals surface area contributed by atoms with E-state index in [1.165, 1.54) is 128 Å². The SMILES string of the molecule is CCC1CN(c2ccc(-c3ccc(O)cc3)c(F)c2)C(=O)O1.CCC1CN(c2ccc(-c3ccc(S(=O)(=O)N(C)C)cc3)c(F)c2)C(=O)O1.CCC1CN(c2ccc(-c3cccc(C#N)c3)c(F)c2)C(=O)O1.CCC1CN(c2ccc(-c3ccn[nH]3)c(F)c2)C(=O)O1.CCC1CN(c2ccc(-c3ccoc3)c(F)c2)C(=O)O1.CCC1CN(c2ccc(-c3ccsc3)c(F)c2)C(=O)O1. The highest BCUT2D eigenvalue weighted by molar-refractivity contribution is 7.89. The minimum Gasteiger partial charge on any atom is -0.508 e. The van der Waals surface area contributed by atoms with E-state index in [9.17, 15) is 68.6 Å². The lowest BCUT2D eigenvalue weighted by Crippen LogP contribution is -2.24. The number of carbonyl (C=O) groups is 6. The maximum atomic E-state index is 14.7. The second-order valence-electron chi connectivity index (χ2n) is 31.2. The highest BCUT2D eigenvalue weighted by Gasteiger charge is 2.38. The number of ether oxygens (including phenoxy) is 6. The average molecular weight is 1850 g/mol. The molecule has 12 aromatic rings. The number of aromatic amines is 1. The standard InChI is InChI=1S/C19H21FN2O4S.C18H15FN2O2.C17H16FNO3.C15H14FNO3.C15H14FNO2S.C14H14FN3O2/c1-4-15-12-22(19(23)26-15)14-7-10-17(18(20)11-14)13-5-8-16(9-6-13)27(24,25)21(2)3;1-2-15-11-21(18(22)23-15)14-6-7-16(17(19)9-14)13-5-3-4-12(8-13)10-20;1-2-14-10-19(17(21)22-14)12-5-8-15(16(18)9-12)11-3-6-13(20)7-4-11;1-2-12-8-17(15(18)20-12)11-3-4-13(14(16)7-11)10-5-6-19-9-10;1-2-12-8-17(15(18)19-12)11-3-4-13(14(16)7-11)10-5-6-20-9-10;1-2-10-8-18(14(19)20-10)9-3-4-11(12(15)7-9)13-5-6-16-17-13/h5-11,15H,4,12H2,1-3H3;3-9,15H,2,11H2,1H3;3-9,14,20H,2,10H2,1H3;2*3-7,9,12H,2,8H2,1H3;3-7,10H,2,8H2,1H3,(H,16,17). The average Bonchev–Trinajstić information content (AvgIpc) is 1.44. The molecule has 0 aliphatic carbocycles. The zero-order valence-corrected chi connectivity index (χ0v) is 74.7. The number of hydrogen-bond acceptors (Lipinski definition) is 19. The van der Waals surface area contributed by atoms with Crippen LogP contribution in [0, 0.1) is 46.2 Å². The Hall–Kier alpha value is -14.4. The van der Waals surface area contributed by atoms with E-state index in [4.69, 9.17) is 38.1 Å². The van der Waals surface area contributed by atoms with E-state index >= 15 is 0 Å². The number of thiophene rings is 1. The van der Waals surface area contributed by atoms with Crippen molar-refractivity contribution in [2.24, 2.45) is 0 Å². The molecule has 0 radical (unpaired) electrons. The summed E-state index contributed by atoms with van der Waals surface area (Å²) in [6.45, 7) is 14.3. The number of H-pyrrole nitrogens is 1. The molecule has 2 N–H and O–H groups in total. The van der Waals surface area contributed by atoms with Gasteiger partial charge in [0.2, 0.25) is 10.0 Å². The second-order valence-corrected chi connectivity index (χ2v) is 34.1. The molecule has 686 valence electrons. The minimum atomic E-state index is -3.54. The Morgan fingerprint density at radius 2 is 0.735 bits per heavy atom. The lowest BCUT2D eigenvalue weighted by molar-refractivity contribution is 0.138. The van der Waals surface area contributed by atoms with Gasteiger partial charge in [-0.05, 0) is 235 Å². The Labute approximate surface area is 762 Å². The summed E-state index contributed by atoms with van der Waals surface area (Å²) in [5.41, 5.74) is 9.96. The number of hydrogen-bond donors (Lipinski definition) is 2. The first-order chi connectivity index (χ1) is 63.5. The zero-order chi connectivity index (χ0) is 94.2. The minimum absolute atomic E-state index is 0.109. The smallest absolute Gasteiger partial charge is 0.414 e. The molecule has 6 aliphatic heterocycles. The van der Waals surface area contributed by atoms with Gasteiger partial charge >= 0.3 is 36.6 Å². The lowest BCUT2D eigenvalue weighted by Gasteiger charge is -2.15. The van der Waals surface area contributed by atoms with Crippen LogP contribution in [0.5, 0.6) is 5.75 Å². The molecule has 0 spiro atoms. The van der Waals surface area contributed by atoms with Crippen LogP contribution in [0.2, 0.25) is 0 Å². The first-order valence-corrected chi connectivity index (χ1v) is 44.9. The van der Waals surface area contributed by atoms with Gasteiger partial charge in [-0.2, -0.15) is 21.7 Å². The van der Waals surface area contributed by atoms with E-state index in [2.05, 4.69) is 10.2 Å². The van der Waals surface area contributed by atoms with Crippen LogP contribution in [0.4, 0.5) is 89.2 Å². The largest absolute Gasteiger partial charge is 0.508 e. The Morgan fingerprint density at radius 3 is 1.02 bits per heavy atom. The third-order valence-corrected chi connectivity index (χ3v) is 25.0. The van der Waals surface area contributed by atoms with Gasteiger partial charge in [0.25, 0.3) is 0 Å². The van der Waals surface area contributed by atoms with Crippen LogP contribution < -0.4 is 29.4 Å². The maximum Gasteiger partial charge on any atom is 0.414 e. The molecule has 9 aromatic carbocycles. The molecule has 132 heavy (non-hydrogen) atoms. The van der Waals surface area contributed by atoms with E-state index in [0.717, 1.165) is 42.0 Å². The van der Waals surface area contributed by atoms with Crippen molar-refractivity contribution < 1.29 is 101 Å². The fourth-order valence-corrected chi connectivity index (χ4v) is 16.3. The molecule has 3 aromatic heterocycles. The van der Waals surface area contributed by atoms with Crippen molar-refractivity contribution in [3.05, 3.63) is 270 Å². The van der Waals surface area contributed by atoms with E-state index in [-0.39, 0.29) is 53.1 Å². The number of nitriles is 1. The summed E-state index contributed by atoms with van der Waals surface area (Å²) in [4.78, 5) is 79.6. The molecule has 6 saturated heterocycles. The van der Waals surface area contributed by atoms with Crippen LogP contribution in [-0.4, -0.2) is 155 Å². The summed E-state index contributed by atoms with van der Waals surface area (Å²) in [5, 5.41) is 28.5. The Kier molecular flexibility index (Phi) is 30.9. The van der Waals surface area contributed by atoms with Crippen molar-refractivity contribution in [1.29, 1.82) is 5.26 Å². The highest BCUT2D eigenvalue weighted by atomic mass is 32.2. The van der Waals surface area contributed by atoms with Gasteiger partial charge in [0.05, 0.1) is 108 Å². The van der Waals surface area contributed by atoms with E-state index in [1.54, 1.807) is 140 Å². The number of amides is 6. The van der Waals surface area contributed by atoms with Gasteiger partial charge in [0.1, 0.15) is 77.3 Å². The van der Waals surface area contributed by atoms with Crippen molar-refractivity contribution in [2.75, 3.05) is 82.8 Å². The Morgan fingerprint density at radius 1 is 0.409 bits per heavy atom. The zero-order valence-electron chi connectivity index (χ0n) is 73.1. The number of phenolic OH excluding ortho intramolecular Hbond substituents is 1. The van der Waals surface area contributed by atoms with Crippen LogP contribution in [0.3, 0.4) is 0 Å². The third kappa shape index (κ3) is 22.3. The monoisotopic (exact) mass is 1840 g/mol. The van der Waals surface area contributed by atoms with Gasteiger partial charge in [0, 0.05) is 59.2 Å². The molecule has 6 amide bonds. The predicted molar refractivity (Wildman–Crippen MR) is 488 cm³/mol. The molecule has 9 heterocycles. The predicted octanol–water partition coefficient (Wildman–Crippen LogP) is 22.6. The van der Waals surface area contributed by atoms with Gasteiger partial charge < -0.3 is 37.9 Å². The summed E-state index contributed by atoms with van der Waals surface area (Å²) in [6, 6.07) is 54.4. The maximum absolute atomic E-state index is 14.7. The molecule has 18 rings (SSSR count). The fourth-order valence-electron chi connectivity index (χ4n) is 14.7. The molecular formula is C98H94F6N10O16S2. The molecule has 6 aliphatic rings. The number of cyclic esters (lactones) is 6. The molecule has 34 heteroatoms. The number of aromatic nitrogens is 2. The number of nitrogens with zero attached hydrogens (tertiary/aromatic N) is 9. The fraction of sp³-hybridized carbons (Fsp3) is 0.265. The first kappa shape index (κ1) is 95.2. The van der Waals surface area contributed by atoms with Crippen LogP contribution >= 0.6 is 11.3 Å². The summed E-state index contributed by atoms with van der Waals surface area (Å²) < 4.78 is 147. The highest BCUT2D eigenvalue weighted by Crippen LogP contribution is 2.38. The molecular weight excluding hydrogens is 1750 g/mol. The number of nitrogens with one attached hydrogen (secondary N) is 1. The number of aromatic hydroxyl groups is 1. The first-order valence-electron chi connectivity index (χ1n) is 42.5. The number of carbonyl (C=O) groups excluding carboxylic acids is 6. The van der Waals surface area contributed by atoms with Crippen LogP contribution in [0.25, 0.3) is 66.9 Å². The summed E-state index contributed by atoms with van der Waals surface area (Å²) in [7, 11) is -0.631. The molecule has 26 nitrogen and oxygen atoms in total. The van der Waals surface area contributed by atoms with E-state index in [0.29, 0.717) is 147 Å². The van der Waals surface area contributed by atoms with Gasteiger partial charge in [-0.15, -0.1) is 0 Å². The lowest BCUT2D eigenvalue weighted by atomic mass is 10.0. The van der Waals surface area contributed by atoms with Gasteiger partial charge in [-0.25, -0.2) is 67.8 Å². The number of furan rings is 1. The number of halogens is 6. The Balaban J connectivity index is 0.000000135.